The van der Waals surface area contributed by atoms with Crippen molar-refractivity contribution in [1.82, 2.24) is 20.0 Å². The topological polar surface area (TPSA) is 108 Å². The quantitative estimate of drug-likeness (QED) is 0.425. The zero-order chi connectivity index (χ0) is 26.4. The van der Waals surface area contributed by atoms with Gasteiger partial charge < -0.3 is 4.90 Å². The molecule has 0 aliphatic carbocycles. The van der Waals surface area contributed by atoms with Crippen LogP contribution >= 0.6 is 0 Å². The number of hydrogen-bond acceptors (Lipinski definition) is 5. The lowest BCUT2D eigenvalue weighted by Gasteiger charge is -2.29. The van der Waals surface area contributed by atoms with Gasteiger partial charge in [0.2, 0.25) is 11.8 Å². The summed E-state index contributed by atoms with van der Waals surface area (Å²) in [7, 11) is 1.90. The normalized spacial score (nSPS) is 16.8. The number of benzene rings is 3. The van der Waals surface area contributed by atoms with Crippen LogP contribution in [0.3, 0.4) is 0 Å². The predicted octanol–water partition coefficient (Wildman–Crippen LogP) is 4.05. The molecule has 0 spiro atoms. The Kier molecular flexibility index (Phi) is 5.61. The molecule has 0 saturated carbocycles. The van der Waals surface area contributed by atoms with Gasteiger partial charge in [-0.05, 0) is 52.9 Å². The van der Waals surface area contributed by atoms with Gasteiger partial charge in [0.25, 0.3) is 5.91 Å². The summed E-state index contributed by atoms with van der Waals surface area (Å²) in [5.74, 6) is -0.904. The number of fused-ring (bicyclic) bond motifs is 1. The fraction of sp³-hybridized carbons (Fsp3) is 0.167. The number of nitrogens with one attached hydrogen (secondary N) is 1. The lowest BCUT2D eigenvalue weighted by atomic mass is 9.96. The molecule has 0 bridgehead atoms. The van der Waals surface area contributed by atoms with Crippen LogP contribution in [0.1, 0.15) is 34.3 Å². The maximum atomic E-state index is 13.1. The van der Waals surface area contributed by atoms with E-state index in [4.69, 9.17) is 5.26 Å². The molecule has 6 rings (SSSR count). The summed E-state index contributed by atoms with van der Waals surface area (Å²) in [4.78, 5) is 38.6. The van der Waals surface area contributed by atoms with Gasteiger partial charge in [0.15, 0.2) is 0 Å². The maximum Gasteiger partial charge on any atom is 0.255 e. The first-order valence-electron chi connectivity index (χ1n) is 12.3. The summed E-state index contributed by atoms with van der Waals surface area (Å²) in [6, 6.07) is 22.9. The van der Waals surface area contributed by atoms with Crippen LogP contribution < -0.4 is 5.32 Å². The second-order valence-electron chi connectivity index (χ2n) is 9.57. The molecule has 186 valence electrons. The van der Waals surface area contributed by atoms with Crippen molar-refractivity contribution < 1.29 is 14.4 Å². The standard InChI is InChI=1S/C30H23N5O3/c1-34-28(21-8-6-20(7-9-21)19-4-2-18(15-31)3-5-19)25(16-32-34)22-10-11-24-23(14-22)17-35(30(24)38)26-12-13-27(36)33-29(26)37/h2-11,14,16,26H,12-13,17H2,1H3,(H,33,36,37). The van der Waals surface area contributed by atoms with Crippen LogP contribution in [0.2, 0.25) is 0 Å². The molecule has 1 N–H and O–H groups in total. The minimum atomic E-state index is -0.639. The van der Waals surface area contributed by atoms with E-state index in [9.17, 15) is 14.4 Å². The van der Waals surface area contributed by atoms with Crippen molar-refractivity contribution in [2.75, 3.05) is 0 Å². The molecular weight excluding hydrogens is 478 g/mol. The Morgan fingerprint density at radius 1 is 0.895 bits per heavy atom. The number of imide groups is 1. The number of piperidine rings is 1. The van der Waals surface area contributed by atoms with E-state index in [1.54, 1.807) is 4.90 Å². The van der Waals surface area contributed by atoms with Crippen LogP contribution in [0.4, 0.5) is 0 Å². The average molecular weight is 502 g/mol. The van der Waals surface area contributed by atoms with E-state index in [1.807, 2.05) is 72.5 Å². The molecule has 0 radical (unpaired) electrons. The predicted molar refractivity (Wildman–Crippen MR) is 140 cm³/mol. The number of nitriles is 1. The van der Waals surface area contributed by atoms with Crippen LogP contribution in [0.25, 0.3) is 33.5 Å². The highest BCUT2D eigenvalue weighted by Crippen LogP contribution is 2.36. The molecular formula is C30H23N5O3. The van der Waals surface area contributed by atoms with E-state index in [0.717, 1.165) is 39.1 Å². The van der Waals surface area contributed by atoms with Crippen LogP contribution in [0.5, 0.6) is 0 Å². The number of aryl methyl sites for hydroxylation is 1. The van der Waals surface area contributed by atoms with E-state index < -0.39 is 11.9 Å². The molecule has 8 nitrogen and oxygen atoms in total. The van der Waals surface area contributed by atoms with Crippen molar-refractivity contribution in [3.05, 3.63) is 89.6 Å². The van der Waals surface area contributed by atoms with E-state index in [-0.39, 0.29) is 18.2 Å². The molecule has 8 heteroatoms. The molecule has 1 saturated heterocycles. The third-order valence-electron chi connectivity index (χ3n) is 7.28. The van der Waals surface area contributed by atoms with Gasteiger partial charge in [-0.2, -0.15) is 10.4 Å². The molecule has 1 unspecified atom stereocenters. The van der Waals surface area contributed by atoms with E-state index >= 15 is 0 Å². The number of aromatic nitrogens is 2. The monoisotopic (exact) mass is 501 g/mol. The largest absolute Gasteiger partial charge is 0.322 e. The Labute approximate surface area is 219 Å². The van der Waals surface area contributed by atoms with Gasteiger partial charge in [-0.25, -0.2) is 0 Å². The summed E-state index contributed by atoms with van der Waals surface area (Å²) in [5.41, 5.74) is 7.95. The Bertz CT molecular complexity index is 1640. The lowest BCUT2D eigenvalue weighted by Crippen LogP contribution is -2.52. The molecule has 1 atom stereocenters. The van der Waals surface area contributed by atoms with Gasteiger partial charge in [0.1, 0.15) is 6.04 Å². The maximum absolute atomic E-state index is 13.1. The first-order chi connectivity index (χ1) is 18.4. The lowest BCUT2D eigenvalue weighted by molar-refractivity contribution is -0.136. The molecule has 3 amide bonds. The number of carbonyl (C=O) groups excluding carboxylic acids is 3. The first kappa shape index (κ1) is 23.4. The first-order valence-corrected chi connectivity index (χ1v) is 12.3. The van der Waals surface area contributed by atoms with Gasteiger partial charge in [-0.15, -0.1) is 0 Å². The number of amides is 3. The van der Waals surface area contributed by atoms with Crippen molar-refractivity contribution in [3.8, 4) is 39.6 Å². The van der Waals surface area contributed by atoms with Gasteiger partial charge in [0, 0.05) is 36.7 Å². The Morgan fingerprint density at radius 2 is 1.55 bits per heavy atom. The molecule has 38 heavy (non-hydrogen) atoms. The van der Waals surface area contributed by atoms with E-state index in [0.29, 0.717) is 24.1 Å². The molecule has 3 heterocycles. The minimum absolute atomic E-state index is 0.189. The highest BCUT2D eigenvalue weighted by atomic mass is 16.2. The Hall–Kier alpha value is -5.03. The Balaban J connectivity index is 1.29. The second-order valence-corrected chi connectivity index (χ2v) is 9.57. The number of carbonyl (C=O) groups is 3. The highest BCUT2D eigenvalue weighted by Gasteiger charge is 2.39. The summed E-state index contributed by atoms with van der Waals surface area (Å²) >= 11 is 0. The van der Waals surface area contributed by atoms with Crippen LogP contribution in [0.15, 0.2) is 72.9 Å². The second kappa shape index (κ2) is 9.12. The van der Waals surface area contributed by atoms with Crippen molar-refractivity contribution >= 4 is 17.7 Å². The smallest absolute Gasteiger partial charge is 0.255 e. The molecule has 4 aromatic rings. The van der Waals surface area contributed by atoms with Crippen LogP contribution in [0, 0.1) is 11.3 Å². The zero-order valence-electron chi connectivity index (χ0n) is 20.6. The van der Waals surface area contributed by atoms with Crippen molar-refractivity contribution in [3.63, 3.8) is 0 Å². The Morgan fingerprint density at radius 3 is 2.24 bits per heavy atom. The van der Waals surface area contributed by atoms with Gasteiger partial charge in [0.05, 0.1) is 23.5 Å². The highest BCUT2D eigenvalue weighted by molar-refractivity contribution is 6.05. The zero-order valence-corrected chi connectivity index (χ0v) is 20.6. The third kappa shape index (κ3) is 3.95. The number of hydrogen-bond donors (Lipinski definition) is 1. The molecule has 1 fully saturated rings. The number of rotatable bonds is 4. The van der Waals surface area contributed by atoms with Crippen molar-refractivity contribution in [2.45, 2.75) is 25.4 Å². The molecule has 2 aliphatic rings. The van der Waals surface area contributed by atoms with E-state index in [2.05, 4.69) is 28.6 Å². The van der Waals surface area contributed by atoms with Gasteiger partial charge >= 0.3 is 0 Å². The third-order valence-corrected chi connectivity index (χ3v) is 7.28. The van der Waals surface area contributed by atoms with Crippen LogP contribution in [-0.2, 0) is 23.2 Å². The van der Waals surface area contributed by atoms with Crippen LogP contribution in [-0.4, -0.2) is 38.4 Å². The summed E-state index contributed by atoms with van der Waals surface area (Å²) in [6.45, 7) is 0.323. The van der Waals surface area contributed by atoms with Crippen molar-refractivity contribution in [1.29, 1.82) is 5.26 Å². The summed E-state index contributed by atoms with van der Waals surface area (Å²) < 4.78 is 1.83. The minimum Gasteiger partial charge on any atom is -0.322 e. The molecule has 2 aliphatic heterocycles. The number of nitrogens with zero attached hydrogens (tertiary/aromatic N) is 4. The van der Waals surface area contributed by atoms with E-state index in [1.165, 1.54) is 0 Å². The summed E-state index contributed by atoms with van der Waals surface area (Å²) in [6.07, 6.45) is 2.38. The fourth-order valence-electron chi connectivity index (χ4n) is 5.29. The van der Waals surface area contributed by atoms with Gasteiger partial charge in [-0.1, -0.05) is 42.5 Å². The fourth-order valence-corrected chi connectivity index (χ4v) is 5.29. The molecule has 1 aromatic heterocycles. The SMILES string of the molecule is Cn1ncc(-c2ccc3c(c2)CN(C2CCC(=O)NC2=O)C3=O)c1-c1ccc(-c2ccc(C#N)cc2)cc1. The van der Waals surface area contributed by atoms with Gasteiger partial charge in [-0.3, -0.25) is 24.4 Å². The summed E-state index contributed by atoms with van der Waals surface area (Å²) in [5, 5.41) is 15.9. The average Bonchev–Trinajstić information content (AvgIpc) is 3.48. The molecule has 3 aromatic carbocycles. The van der Waals surface area contributed by atoms with Crippen molar-refractivity contribution in [2.24, 2.45) is 7.05 Å².